The van der Waals surface area contributed by atoms with Gasteiger partial charge in [0.05, 0.1) is 36.1 Å². The maximum Gasteiger partial charge on any atom is 0.419 e. The molecular weight excluding hydrogens is 493 g/mol. The summed E-state index contributed by atoms with van der Waals surface area (Å²) in [5.74, 6) is 0.227. The third-order valence-corrected chi connectivity index (χ3v) is 6.02. The van der Waals surface area contributed by atoms with Crippen molar-refractivity contribution in [3.05, 3.63) is 89.0 Å². The van der Waals surface area contributed by atoms with E-state index in [1.165, 1.54) is 12.8 Å². The molecule has 7 nitrogen and oxygen atoms in total. The summed E-state index contributed by atoms with van der Waals surface area (Å²) in [6.07, 6.45) is 6.76. The second-order valence-corrected chi connectivity index (χ2v) is 8.96. The average Bonchev–Trinajstić information content (AvgIpc) is 3.59. The molecule has 0 saturated heterocycles. The number of alkyl halides is 3. The lowest BCUT2D eigenvalue weighted by molar-refractivity contribution is -0.137. The van der Waals surface area contributed by atoms with Gasteiger partial charge in [-0.2, -0.15) is 18.3 Å². The van der Waals surface area contributed by atoms with Crippen molar-refractivity contribution in [3.8, 4) is 11.1 Å². The number of benzene rings is 1. The standard InChI is InChI=1S/C25H20ClF3N6O/c26-24-21(25(27,28)29)9-19(13-32-24)34-23(36)8-15-1-3-17(4-2-15)18-11-30-22(31-12-18)7-16-10-33-35(14-16)20-5-6-20/h1-4,9-14,20H,5-8H2,(H,34,36). The number of amides is 1. The van der Waals surface area contributed by atoms with Crippen LogP contribution in [0.15, 0.2) is 61.3 Å². The lowest BCUT2D eigenvalue weighted by atomic mass is 10.0. The number of nitrogens with one attached hydrogen (secondary N) is 1. The molecule has 0 aliphatic heterocycles. The molecule has 0 radical (unpaired) electrons. The lowest BCUT2D eigenvalue weighted by Crippen LogP contribution is -2.16. The van der Waals surface area contributed by atoms with Gasteiger partial charge in [-0.25, -0.2) is 15.0 Å². The Bertz CT molecular complexity index is 1380. The second kappa shape index (κ2) is 9.69. The molecule has 4 aromatic rings. The van der Waals surface area contributed by atoms with Crippen LogP contribution >= 0.6 is 11.6 Å². The van der Waals surface area contributed by atoms with E-state index in [1.54, 1.807) is 24.5 Å². The van der Waals surface area contributed by atoms with Crippen LogP contribution in [0.2, 0.25) is 5.15 Å². The molecule has 1 N–H and O–H groups in total. The molecule has 3 aromatic heterocycles. The molecule has 0 atom stereocenters. The van der Waals surface area contributed by atoms with Crippen LogP contribution in [-0.4, -0.2) is 30.6 Å². The highest BCUT2D eigenvalue weighted by atomic mass is 35.5. The van der Waals surface area contributed by atoms with E-state index in [4.69, 9.17) is 11.6 Å². The lowest BCUT2D eigenvalue weighted by Gasteiger charge is -2.11. The minimum atomic E-state index is -4.66. The van der Waals surface area contributed by atoms with Crippen LogP contribution in [-0.2, 0) is 23.8 Å². The molecular formula is C25H20ClF3N6O. The Morgan fingerprint density at radius 1 is 1.00 bits per heavy atom. The van der Waals surface area contributed by atoms with Gasteiger partial charge in [-0.3, -0.25) is 9.48 Å². The number of hydrogen-bond donors (Lipinski definition) is 1. The summed E-state index contributed by atoms with van der Waals surface area (Å²) in [6, 6.07) is 8.53. The van der Waals surface area contributed by atoms with E-state index >= 15 is 0 Å². The predicted molar refractivity (Wildman–Crippen MR) is 127 cm³/mol. The summed E-state index contributed by atoms with van der Waals surface area (Å²) in [4.78, 5) is 24.8. The van der Waals surface area contributed by atoms with E-state index in [-0.39, 0.29) is 12.1 Å². The van der Waals surface area contributed by atoms with Gasteiger partial charge in [0.15, 0.2) is 0 Å². The molecule has 36 heavy (non-hydrogen) atoms. The van der Waals surface area contributed by atoms with Gasteiger partial charge in [-0.15, -0.1) is 0 Å². The fourth-order valence-electron chi connectivity index (χ4n) is 3.71. The molecule has 0 bridgehead atoms. The number of nitrogens with zero attached hydrogens (tertiary/aromatic N) is 5. The number of carbonyl (C=O) groups excluding carboxylic acids is 1. The van der Waals surface area contributed by atoms with Crippen molar-refractivity contribution in [3.63, 3.8) is 0 Å². The number of aromatic nitrogens is 5. The van der Waals surface area contributed by atoms with Crippen molar-refractivity contribution in [2.45, 2.75) is 37.9 Å². The third kappa shape index (κ3) is 5.71. The Morgan fingerprint density at radius 2 is 1.72 bits per heavy atom. The number of pyridine rings is 1. The summed E-state index contributed by atoms with van der Waals surface area (Å²) < 4.78 is 41.0. The van der Waals surface area contributed by atoms with E-state index in [0.29, 0.717) is 23.9 Å². The molecule has 1 aromatic carbocycles. The first kappa shape index (κ1) is 23.9. The zero-order valence-electron chi connectivity index (χ0n) is 18.8. The number of hydrogen-bond acceptors (Lipinski definition) is 5. The first-order chi connectivity index (χ1) is 17.2. The van der Waals surface area contributed by atoms with Crippen molar-refractivity contribution in [1.82, 2.24) is 24.7 Å². The highest BCUT2D eigenvalue weighted by molar-refractivity contribution is 6.30. The second-order valence-electron chi connectivity index (χ2n) is 8.61. The Balaban J connectivity index is 1.19. The van der Waals surface area contributed by atoms with Crippen LogP contribution in [0.1, 0.15) is 41.4 Å². The van der Waals surface area contributed by atoms with Crippen LogP contribution in [0.4, 0.5) is 18.9 Å². The fourth-order valence-corrected chi connectivity index (χ4v) is 3.92. The van der Waals surface area contributed by atoms with Gasteiger partial charge in [0.2, 0.25) is 5.91 Å². The van der Waals surface area contributed by atoms with Gasteiger partial charge in [0.1, 0.15) is 11.0 Å². The Hall–Kier alpha value is -3.79. The van der Waals surface area contributed by atoms with Crippen LogP contribution in [0.5, 0.6) is 0 Å². The van der Waals surface area contributed by atoms with E-state index in [2.05, 4.69) is 25.4 Å². The smallest absolute Gasteiger partial charge is 0.324 e. The van der Waals surface area contributed by atoms with E-state index in [1.807, 2.05) is 29.2 Å². The quantitative estimate of drug-likeness (QED) is 0.330. The maximum atomic E-state index is 13.0. The zero-order valence-corrected chi connectivity index (χ0v) is 19.6. The molecule has 1 fully saturated rings. The summed E-state index contributed by atoms with van der Waals surface area (Å²) in [5, 5.41) is 6.15. The van der Waals surface area contributed by atoms with Gasteiger partial charge in [0, 0.05) is 30.6 Å². The van der Waals surface area contributed by atoms with Crippen LogP contribution in [0, 0.1) is 0 Å². The molecule has 0 unspecified atom stereocenters. The molecule has 1 saturated carbocycles. The maximum absolute atomic E-state index is 13.0. The Labute approximate surface area is 209 Å². The van der Waals surface area contributed by atoms with Gasteiger partial charge >= 0.3 is 6.18 Å². The molecule has 1 aliphatic rings. The number of halogens is 4. The number of carbonyl (C=O) groups is 1. The van der Waals surface area contributed by atoms with Crippen molar-refractivity contribution in [2.75, 3.05) is 5.32 Å². The normalized spacial score (nSPS) is 13.6. The van der Waals surface area contributed by atoms with Gasteiger partial charge in [0.25, 0.3) is 0 Å². The topological polar surface area (TPSA) is 85.6 Å². The summed E-state index contributed by atoms with van der Waals surface area (Å²) in [7, 11) is 0. The SMILES string of the molecule is O=C(Cc1ccc(-c2cnc(Cc3cnn(C4CC4)c3)nc2)cc1)Nc1cnc(Cl)c(C(F)(F)F)c1. The van der Waals surface area contributed by atoms with Gasteiger partial charge in [-0.1, -0.05) is 35.9 Å². The predicted octanol–water partition coefficient (Wildman–Crippen LogP) is 5.51. The first-order valence-corrected chi connectivity index (χ1v) is 11.6. The average molecular weight is 513 g/mol. The Morgan fingerprint density at radius 3 is 2.39 bits per heavy atom. The van der Waals surface area contributed by atoms with Crippen LogP contribution < -0.4 is 5.32 Å². The van der Waals surface area contributed by atoms with Gasteiger partial charge < -0.3 is 5.32 Å². The van der Waals surface area contributed by atoms with Crippen molar-refractivity contribution in [2.24, 2.45) is 0 Å². The summed E-state index contributed by atoms with van der Waals surface area (Å²) in [5.41, 5.74) is 2.29. The summed E-state index contributed by atoms with van der Waals surface area (Å²) >= 11 is 5.51. The molecule has 3 heterocycles. The molecule has 1 amide bonds. The van der Waals surface area contributed by atoms with Gasteiger partial charge in [-0.05, 0) is 35.6 Å². The van der Waals surface area contributed by atoms with E-state index in [9.17, 15) is 18.0 Å². The molecule has 184 valence electrons. The zero-order chi connectivity index (χ0) is 25.3. The van der Waals surface area contributed by atoms with Crippen LogP contribution in [0.25, 0.3) is 11.1 Å². The first-order valence-electron chi connectivity index (χ1n) is 11.2. The fraction of sp³-hybridized carbons (Fsp3) is 0.240. The largest absolute Gasteiger partial charge is 0.419 e. The number of anilines is 1. The highest BCUT2D eigenvalue weighted by Gasteiger charge is 2.34. The van der Waals surface area contributed by atoms with Crippen LogP contribution in [0.3, 0.4) is 0 Å². The van der Waals surface area contributed by atoms with Crippen molar-refractivity contribution >= 4 is 23.2 Å². The number of rotatable bonds is 7. The minimum Gasteiger partial charge on any atom is -0.324 e. The molecule has 0 spiro atoms. The minimum absolute atomic E-state index is 0.0196. The highest BCUT2D eigenvalue weighted by Crippen LogP contribution is 2.35. The van der Waals surface area contributed by atoms with E-state index < -0.39 is 22.8 Å². The van der Waals surface area contributed by atoms with Crippen molar-refractivity contribution < 1.29 is 18.0 Å². The molecule has 11 heteroatoms. The molecule has 5 rings (SSSR count). The summed E-state index contributed by atoms with van der Waals surface area (Å²) in [6.45, 7) is 0. The van der Waals surface area contributed by atoms with E-state index in [0.717, 1.165) is 29.0 Å². The molecule has 1 aliphatic carbocycles. The van der Waals surface area contributed by atoms with Crippen molar-refractivity contribution in [1.29, 1.82) is 0 Å². The third-order valence-electron chi connectivity index (χ3n) is 5.72. The monoisotopic (exact) mass is 512 g/mol. The Kier molecular flexibility index (Phi) is 6.44.